The first-order valence-corrected chi connectivity index (χ1v) is 11.1. The molecule has 26 heavy (non-hydrogen) atoms. The zero-order chi connectivity index (χ0) is 18.5. The largest absolute Gasteiger partial charge is 0.296 e. The first-order chi connectivity index (χ1) is 12.7. The summed E-state index contributed by atoms with van der Waals surface area (Å²) >= 11 is 0. The Balaban J connectivity index is 1.42. The van der Waals surface area contributed by atoms with Gasteiger partial charge in [0.25, 0.3) is 10.1 Å². The third-order valence-corrected chi connectivity index (χ3v) is 5.80. The van der Waals surface area contributed by atoms with Crippen molar-refractivity contribution in [3.8, 4) is 0 Å². The van der Waals surface area contributed by atoms with Gasteiger partial charge in [-0.25, -0.2) is 0 Å². The van der Waals surface area contributed by atoms with Crippen molar-refractivity contribution in [3.05, 3.63) is 66.2 Å². The molecule has 0 heterocycles. The van der Waals surface area contributed by atoms with Gasteiger partial charge in [-0.3, -0.25) is 4.18 Å². The lowest BCUT2D eigenvalue weighted by atomic mass is 10.0. The Morgan fingerprint density at radius 3 is 1.73 bits per heavy atom. The summed E-state index contributed by atoms with van der Waals surface area (Å²) in [5.74, 6) is 0. The molecule has 2 aromatic rings. The van der Waals surface area contributed by atoms with Crippen LogP contribution in [0.25, 0.3) is 0 Å². The van der Waals surface area contributed by atoms with Crippen molar-refractivity contribution in [2.24, 2.45) is 0 Å². The topological polar surface area (TPSA) is 43.4 Å². The molecular weight excluding hydrogens is 344 g/mol. The van der Waals surface area contributed by atoms with E-state index >= 15 is 0 Å². The lowest BCUT2D eigenvalue weighted by Crippen LogP contribution is -2.07. The van der Waals surface area contributed by atoms with E-state index in [1.54, 1.807) is 30.3 Å². The molecule has 0 saturated carbocycles. The van der Waals surface area contributed by atoms with Gasteiger partial charge < -0.3 is 0 Å². The molecule has 0 aliphatic heterocycles. The van der Waals surface area contributed by atoms with Crippen molar-refractivity contribution in [2.45, 2.75) is 62.7 Å². The summed E-state index contributed by atoms with van der Waals surface area (Å²) in [7, 11) is -3.59. The number of aryl methyl sites for hydroxylation is 1. The Morgan fingerprint density at radius 2 is 1.12 bits per heavy atom. The van der Waals surface area contributed by atoms with Crippen LogP contribution in [0.1, 0.15) is 56.9 Å². The van der Waals surface area contributed by atoms with E-state index in [4.69, 9.17) is 4.18 Å². The average molecular weight is 375 g/mol. The molecule has 0 aliphatic rings. The predicted molar refractivity (Wildman–Crippen MR) is 107 cm³/mol. The molecule has 0 spiro atoms. The summed E-state index contributed by atoms with van der Waals surface area (Å²) in [6, 6.07) is 19.0. The van der Waals surface area contributed by atoms with Gasteiger partial charge in [0, 0.05) is 0 Å². The van der Waals surface area contributed by atoms with E-state index in [9.17, 15) is 8.42 Å². The molecule has 4 heteroatoms. The molecule has 2 rings (SSSR count). The fourth-order valence-corrected chi connectivity index (χ4v) is 3.92. The van der Waals surface area contributed by atoms with E-state index in [1.807, 2.05) is 0 Å². The fourth-order valence-electron chi connectivity index (χ4n) is 2.96. The highest BCUT2D eigenvalue weighted by molar-refractivity contribution is 7.86. The molecular formula is C22H30O3S. The van der Waals surface area contributed by atoms with Crippen LogP contribution in [0, 0.1) is 0 Å². The number of benzene rings is 2. The minimum Gasteiger partial charge on any atom is -0.266 e. The molecule has 0 saturated heterocycles. The van der Waals surface area contributed by atoms with Crippen LogP contribution in [-0.4, -0.2) is 15.0 Å². The van der Waals surface area contributed by atoms with Gasteiger partial charge in [0.15, 0.2) is 0 Å². The first-order valence-electron chi connectivity index (χ1n) is 9.67. The minimum atomic E-state index is -3.59. The molecule has 2 aromatic carbocycles. The zero-order valence-electron chi connectivity index (χ0n) is 15.5. The van der Waals surface area contributed by atoms with E-state index in [-0.39, 0.29) is 11.5 Å². The molecule has 0 aromatic heterocycles. The Bertz CT molecular complexity index is 697. The van der Waals surface area contributed by atoms with Crippen molar-refractivity contribution in [3.63, 3.8) is 0 Å². The molecule has 0 radical (unpaired) electrons. The smallest absolute Gasteiger partial charge is 0.266 e. The molecule has 3 nitrogen and oxygen atoms in total. The average Bonchev–Trinajstić information content (AvgIpc) is 2.67. The molecule has 0 amide bonds. The first kappa shape index (κ1) is 20.7. The molecule has 0 fully saturated rings. The lowest BCUT2D eigenvalue weighted by molar-refractivity contribution is 0.306. The van der Waals surface area contributed by atoms with Crippen LogP contribution in [0.15, 0.2) is 65.6 Å². The van der Waals surface area contributed by atoms with Crippen molar-refractivity contribution >= 4 is 10.1 Å². The van der Waals surface area contributed by atoms with E-state index in [0.29, 0.717) is 0 Å². The van der Waals surface area contributed by atoms with Crippen LogP contribution in [0.4, 0.5) is 0 Å². The second kappa shape index (κ2) is 11.9. The lowest BCUT2D eigenvalue weighted by Gasteiger charge is -2.06. The molecule has 0 atom stereocenters. The standard InChI is InChI=1S/C22H30O3S/c23-26(24,22-18-12-8-13-19-22)25-20-14-6-4-2-1-3-5-9-15-21-16-10-7-11-17-21/h7-8,10-13,16-19H,1-6,9,14-15,20H2. The zero-order valence-corrected chi connectivity index (χ0v) is 16.3. The van der Waals surface area contributed by atoms with Crippen molar-refractivity contribution < 1.29 is 12.6 Å². The van der Waals surface area contributed by atoms with Gasteiger partial charge in [-0.05, 0) is 37.0 Å². The van der Waals surface area contributed by atoms with Crippen LogP contribution >= 0.6 is 0 Å². The quantitative estimate of drug-likeness (QED) is 0.331. The normalized spacial score (nSPS) is 11.5. The highest BCUT2D eigenvalue weighted by atomic mass is 32.2. The number of rotatable bonds is 13. The van der Waals surface area contributed by atoms with Crippen LogP contribution in [0.2, 0.25) is 0 Å². The summed E-state index contributed by atoms with van der Waals surface area (Å²) in [5.41, 5.74) is 1.43. The highest BCUT2D eigenvalue weighted by Gasteiger charge is 2.13. The van der Waals surface area contributed by atoms with E-state index in [2.05, 4.69) is 30.3 Å². The maximum absolute atomic E-state index is 11.9. The SMILES string of the molecule is O=S(=O)(OCCCCCCCCCCc1ccccc1)c1ccccc1. The van der Waals surface area contributed by atoms with Gasteiger partial charge in [0.05, 0.1) is 11.5 Å². The van der Waals surface area contributed by atoms with E-state index < -0.39 is 10.1 Å². The second-order valence-corrected chi connectivity index (χ2v) is 8.27. The minimum absolute atomic E-state index is 0.232. The molecule has 0 aliphatic carbocycles. The second-order valence-electron chi connectivity index (χ2n) is 6.65. The fraction of sp³-hybridized carbons (Fsp3) is 0.455. The van der Waals surface area contributed by atoms with Crippen LogP contribution in [0.3, 0.4) is 0 Å². The Kier molecular flexibility index (Phi) is 9.43. The Hall–Kier alpha value is -1.65. The van der Waals surface area contributed by atoms with Gasteiger partial charge in [-0.2, -0.15) is 8.42 Å². The maximum atomic E-state index is 11.9. The molecule has 0 unspecified atom stereocenters. The predicted octanol–water partition coefficient (Wildman–Crippen LogP) is 5.76. The summed E-state index contributed by atoms with van der Waals surface area (Å²) in [6.07, 6.45) is 10.4. The van der Waals surface area contributed by atoms with Crippen LogP contribution < -0.4 is 0 Å². The number of hydrogen-bond donors (Lipinski definition) is 0. The molecule has 0 bridgehead atoms. The summed E-state index contributed by atoms with van der Waals surface area (Å²) in [6.45, 7) is 0.272. The van der Waals surface area contributed by atoms with Crippen molar-refractivity contribution in [2.75, 3.05) is 6.61 Å². The monoisotopic (exact) mass is 374 g/mol. The highest BCUT2D eigenvalue weighted by Crippen LogP contribution is 2.14. The van der Waals surface area contributed by atoms with Crippen molar-refractivity contribution in [1.29, 1.82) is 0 Å². The van der Waals surface area contributed by atoms with Gasteiger partial charge in [-0.15, -0.1) is 0 Å². The number of hydrogen-bond acceptors (Lipinski definition) is 3. The van der Waals surface area contributed by atoms with Gasteiger partial charge in [-0.1, -0.05) is 87.1 Å². The van der Waals surface area contributed by atoms with Crippen LogP contribution in [0.5, 0.6) is 0 Å². The van der Waals surface area contributed by atoms with Gasteiger partial charge in [0.1, 0.15) is 0 Å². The van der Waals surface area contributed by atoms with Crippen LogP contribution in [-0.2, 0) is 20.7 Å². The Morgan fingerprint density at radius 1 is 0.615 bits per heavy atom. The number of unbranched alkanes of at least 4 members (excludes halogenated alkanes) is 7. The third-order valence-electron chi connectivity index (χ3n) is 4.47. The third kappa shape index (κ3) is 8.15. The molecule has 0 N–H and O–H groups in total. The summed E-state index contributed by atoms with van der Waals surface area (Å²) in [4.78, 5) is 0.232. The summed E-state index contributed by atoms with van der Waals surface area (Å²) < 4.78 is 29.0. The maximum Gasteiger partial charge on any atom is 0.296 e. The Labute approximate surface area is 158 Å². The van der Waals surface area contributed by atoms with Gasteiger partial charge >= 0.3 is 0 Å². The van der Waals surface area contributed by atoms with Crippen molar-refractivity contribution in [1.82, 2.24) is 0 Å². The van der Waals surface area contributed by atoms with E-state index in [1.165, 1.54) is 44.1 Å². The molecule has 142 valence electrons. The summed E-state index contributed by atoms with van der Waals surface area (Å²) in [5, 5.41) is 0. The van der Waals surface area contributed by atoms with E-state index in [0.717, 1.165) is 19.3 Å². The van der Waals surface area contributed by atoms with Gasteiger partial charge in [0.2, 0.25) is 0 Å².